The van der Waals surface area contributed by atoms with Gasteiger partial charge >= 0.3 is 0 Å². The number of fused-ring (bicyclic) bond motifs is 1. The van der Waals surface area contributed by atoms with Gasteiger partial charge in [-0.1, -0.05) is 39.8 Å². The van der Waals surface area contributed by atoms with Gasteiger partial charge in [-0.05, 0) is 67.8 Å². The Hall–Kier alpha value is -2.34. The largest absolute Gasteiger partial charge is 0.491 e. The van der Waals surface area contributed by atoms with Crippen molar-refractivity contribution in [3.63, 3.8) is 0 Å². The normalized spacial score (nSPS) is 16.2. The van der Waals surface area contributed by atoms with E-state index in [4.69, 9.17) is 4.74 Å². The molecule has 2 amide bonds. The van der Waals surface area contributed by atoms with Crippen LogP contribution in [-0.2, 0) is 16.0 Å². The summed E-state index contributed by atoms with van der Waals surface area (Å²) >= 11 is 1.74. The van der Waals surface area contributed by atoms with Crippen LogP contribution in [0, 0.1) is 5.92 Å². The van der Waals surface area contributed by atoms with Crippen LogP contribution in [-0.4, -0.2) is 46.8 Å². The van der Waals surface area contributed by atoms with Crippen molar-refractivity contribution < 1.29 is 14.3 Å². The highest BCUT2D eigenvalue weighted by molar-refractivity contribution is 7.10. The number of carbonyl (C=O) groups excluding carboxylic acids is 2. The second-order valence-electron chi connectivity index (χ2n) is 10.4. The van der Waals surface area contributed by atoms with E-state index in [2.05, 4.69) is 37.4 Å². The van der Waals surface area contributed by atoms with Crippen LogP contribution in [0.3, 0.4) is 0 Å². The molecule has 0 radical (unpaired) electrons. The van der Waals surface area contributed by atoms with E-state index in [1.165, 1.54) is 10.4 Å². The van der Waals surface area contributed by atoms with Crippen LogP contribution < -0.4 is 4.74 Å². The first-order valence-electron chi connectivity index (χ1n) is 11.9. The topological polar surface area (TPSA) is 49.9 Å². The molecule has 0 fully saturated rings. The quantitative estimate of drug-likeness (QED) is 0.525. The second-order valence-corrected chi connectivity index (χ2v) is 11.4. The van der Waals surface area contributed by atoms with Gasteiger partial charge in [0.05, 0.1) is 6.04 Å². The summed E-state index contributed by atoms with van der Waals surface area (Å²) in [6.45, 7) is 15.2. The van der Waals surface area contributed by atoms with Gasteiger partial charge in [-0.3, -0.25) is 9.59 Å². The maximum Gasteiger partial charge on any atom is 0.242 e. The molecule has 1 aromatic heterocycles. The monoisotopic (exact) mass is 470 g/mol. The lowest BCUT2D eigenvalue weighted by atomic mass is 9.99. The number of amides is 2. The number of benzene rings is 1. The minimum absolute atomic E-state index is 0.00197. The molecule has 0 N–H and O–H groups in total. The van der Waals surface area contributed by atoms with Crippen LogP contribution in [0.5, 0.6) is 5.75 Å². The van der Waals surface area contributed by atoms with E-state index in [0.717, 1.165) is 17.7 Å². The Labute approximate surface area is 202 Å². The number of hydrogen-bond acceptors (Lipinski definition) is 4. The minimum atomic E-state index is -0.426. The average molecular weight is 471 g/mol. The fourth-order valence-corrected chi connectivity index (χ4v) is 5.11. The molecule has 0 spiro atoms. The summed E-state index contributed by atoms with van der Waals surface area (Å²) in [6.07, 6.45) is 0.839. The van der Waals surface area contributed by atoms with E-state index >= 15 is 0 Å². The third-order valence-electron chi connectivity index (χ3n) is 6.23. The molecule has 1 aliphatic heterocycles. The van der Waals surface area contributed by atoms with Crippen molar-refractivity contribution in [3.8, 4) is 5.75 Å². The van der Waals surface area contributed by atoms with E-state index < -0.39 is 5.54 Å². The highest BCUT2D eigenvalue weighted by Gasteiger charge is 2.36. The second kappa shape index (κ2) is 10.3. The van der Waals surface area contributed by atoms with Gasteiger partial charge < -0.3 is 14.5 Å². The standard InChI is InChI=1S/C27H38N2O3S/c1-18(2)20-8-10-21(11-9-20)32-17-23-22-13-15-33-24(22)12-14-28(23)25(30)16-29(27(5,6)7)26(31)19(3)4/h8-11,13,15,18-19,23H,12,14,16-17H2,1-7H3/t23-/m0/s1. The third kappa shape index (κ3) is 5.97. The lowest BCUT2D eigenvalue weighted by Gasteiger charge is -2.40. The molecule has 0 unspecified atom stereocenters. The van der Waals surface area contributed by atoms with Crippen molar-refractivity contribution in [1.29, 1.82) is 0 Å². The van der Waals surface area contributed by atoms with E-state index in [1.807, 2.05) is 51.7 Å². The fourth-order valence-electron chi connectivity index (χ4n) is 4.18. The number of carbonyl (C=O) groups is 2. The zero-order chi connectivity index (χ0) is 24.3. The summed E-state index contributed by atoms with van der Waals surface area (Å²) < 4.78 is 6.18. The van der Waals surface area contributed by atoms with Crippen LogP contribution in [0.15, 0.2) is 35.7 Å². The first-order chi connectivity index (χ1) is 15.5. The maximum absolute atomic E-state index is 13.5. The van der Waals surface area contributed by atoms with E-state index in [0.29, 0.717) is 19.1 Å². The molecule has 2 aromatic rings. The summed E-state index contributed by atoms with van der Waals surface area (Å²) in [7, 11) is 0. The van der Waals surface area contributed by atoms with Crippen LogP contribution in [0.2, 0.25) is 0 Å². The van der Waals surface area contributed by atoms with Crippen molar-refractivity contribution in [2.45, 2.75) is 72.4 Å². The van der Waals surface area contributed by atoms with Gasteiger partial charge in [0.15, 0.2) is 0 Å². The third-order valence-corrected chi connectivity index (χ3v) is 7.23. The molecule has 5 nitrogen and oxygen atoms in total. The fraction of sp³-hybridized carbons (Fsp3) is 0.556. The predicted molar refractivity (Wildman–Crippen MR) is 135 cm³/mol. The lowest BCUT2D eigenvalue weighted by Crippen LogP contribution is -2.54. The molecule has 0 saturated heterocycles. The molecule has 2 heterocycles. The van der Waals surface area contributed by atoms with E-state index in [-0.39, 0.29) is 30.3 Å². The van der Waals surface area contributed by atoms with E-state index in [1.54, 1.807) is 16.2 Å². The summed E-state index contributed by atoms with van der Waals surface area (Å²) in [5.74, 6) is 1.09. The summed E-state index contributed by atoms with van der Waals surface area (Å²) in [6, 6.07) is 10.1. The molecular formula is C27H38N2O3S. The lowest BCUT2D eigenvalue weighted by molar-refractivity contribution is -0.148. The Bertz CT molecular complexity index is 956. The average Bonchev–Trinajstić information content (AvgIpc) is 3.23. The van der Waals surface area contributed by atoms with Crippen LogP contribution >= 0.6 is 11.3 Å². The van der Waals surface area contributed by atoms with Crippen LogP contribution in [0.25, 0.3) is 0 Å². The molecular weight excluding hydrogens is 432 g/mol. The SMILES string of the molecule is CC(C)C(=O)N(CC(=O)N1CCc2sccc2[C@@H]1COc1ccc(C(C)C)cc1)C(C)(C)C. The van der Waals surface area contributed by atoms with Gasteiger partial charge in [0.25, 0.3) is 0 Å². The summed E-state index contributed by atoms with van der Waals surface area (Å²) in [4.78, 5) is 31.3. The number of nitrogens with zero attached hydrogens (tertiary/aromatic N) is 2. The Morgan fingerprint density at radius 3 is 2.36 bits per heavy atom. The molecule has 33 heavy (non-hydrogen) atoms. The van der Waals surface area contributed by atoms with Crippen molar-refractivity contribution in [3.05, 3.63) is 51.7 Å². The smallest absolute Gasteiger partial charge is 0.242 e. The Kier molecular flexibility index (Phi) is 7.88. The Morgan fingerprint density at radius 1 is 1.12 bits per heavy atom. The number of ether oxygens (including phenoxy) is 1. The van der Waals surface area contributed by atoms with Crippen molar-refractivity contribution >= 4 is 23.2 Å². The van der Waals surface area contributed by atoms with Gasteiger partial charge in [-0.15, -0.1) is 11.3 Å². The zero-order valence-electron chi connectivity index (χ0n) is 21.1. The summed E-state index contributed by atoms with van der Waals surface area (Å²) in [5.41, 5.74) is 2.01. The van der Waals surface area contributed by atoms with Crippen molar-refractivity contribution in [1.82, 2.24) is 9.80 Å². The molecule has 3 rings (SSSR count). The zero-order valence-corrected chi connectivity index (χ0v) is 21.9. The Morgan fingerprint density at radius 2 is 1.79 bits per heavy atom. The van der Waals surface area contributed by atoms with Gasteiger partial charge in [0.2, 0.25) is 11.8 Å². The van der Waals surface area contributed by atoms with Gasteiger partial charge in [0, 0.05) is 22.9 Å². The molecule has 1 atom stereocenters. The van der Waals surface area contributed by atoms with Crippen molar-refractivity contribution in [2.24, 2.45) is 5.92 Å². The first kappa shape index (κ1) is 25.3. The van der Waals surface area contributed by atoms with Gasteiger partial charge in [-0.2, -0.15) is 0 Å². The number of rotatable bonds is 7. The molecule has 1 aliphatic rings. The van der Waals surface area contributed by atoms with Crippen LogP contribution in [0.1, 0.15) is 76.4 Å². The van der Waals surface area contributed by atoms with Crippen LogP contribution in [0.4, 0.5) is 0 Å². The highest BCUT2D eigenvalue weighted by Crippen LogP contribution is 2.34. The molecule has 0 bridgehead atoms. The van der Waals surface area contributed by atoms with Gasteiger partial charge in [-0.25, -0.2) is 0 Å². The molecule has 6 heteroatoms. The minimum Gasteiger partial charge on any atom is -0.491 e. The highest BCUT2D eigenvalue weighted by atomic mass is 32.1. The Balaban J connectivity index is 1.79. The first-order valence-corrected chi connectivity index (χ1v) is 12.8. The summed E-state index contributed by atoms with van der Waals surface area (Å²) in [5, 5.41) is 2.09. The molecule has 1 aromatic carbocycles. The van der Waals surface area contributed by atoms with Gasteiger partial charge in [0.1, 0.15) is 18.9 Å². The van der Waals surface area contributed by atoms with E-state index in [9.17, 15) is 9.59 Å². The maximum atomic E-state index is 13.5. The number of thiophene rings is 1. The molecule has 180 valence electrons. The molecule has 0 saturated carbocycles. The number of hydrogen-bond donors (Lipinski definition) is 0. The molecule has 0 aliphatic carbocycles. The van der Waals surface area contributed by atoms with Crippen molar-refractivity contribution in [2.75, 3.05) is 19.7 Å². The predicted octanol–water partition coefficient (Wildman–Crippen LogP) is 5.66.